The van der Waals surface area contributed by atoms with E-state index in [9.17, 15) is 4.79 Å². The van der Waals surface area contributed by atoms with Crippen molar-refractivity contribution in [2.24, 2.45) is 0 Å². The molecule has 1 aromatic heterocycles. The van der Waals surface area contributed by atoms with Crippen LogP contribution in [0, 0.1) is 6.92 Å². The molecule has 0 aliphatic rings. The van der Waals surface area contributed by atoms with E-state index in [0.29, 0.717) is 11.3 Å². The van der Waals surface area contributed by atoms with Crippen LogP contribution in [0.5, 0.6) is 5.75 Å². The lowest BCUT2D eigenvalue weighted by Gasteiger charge is -2.09. The van der Waals surface area contributed by atoms with Crippen LogP contribution in [0.2, 0.25) is 0 Å². The maximum absolute atomic E-state index is 12.4. The summed E-state index contributed by atoms with van der Waals surface area (Å²) in [7, 11) is 1.55. The lowest BCUT2D eigenvalue weighted by Crippen LogP contribution is -2.13. The van der Waals surface area contributed by atoms with Crippen molar-refractivity contribution in [3.8, 4) is 17.0 Å². The number of anilines is 1. The SMILES string of the molecule is COc1ccccc1C(=O)Nc1ccc(-c2nc[nH]c2C)cc1. The number of nitrogens with zero attached hydrogens (tertiary/aromatic N) is 1. The zero-order valence-electron chi connectivity index (χ0n) is 13.0. The number of ether oxygens (including phenoxy) is 1. The summed E-state index contributed by atoms with van der Waals surface area (Å²) in [6.45, 7) is 1.97. The topological polar surface area (TPSA) is 67.0 Å². The van der Waals surface area contributed by atoms with Crippen LogP contribution < -0.4 is 10.1 Å². The van der Waals surface area contributed by atoms with Gasteiger partial charge in [0, 0.05) is 16.9 Å². The van der Waals surface area contributed by atoms with Gasteiger partial charge >= 0.3 is 0 Å². The molecular weight excluding hydrogens is 290 g/mol. The van der Waals surface area contributed by atoms with Gasteiger partial charge in [0.25, 0.3) is 5.91 Å². The summed E-state index contributed by atoms with van der Waals surface area (Å²) in [6.07, 6.45) is 1.67. The van der Waals surface area contributed by atoms with Crippen molar-refractivity contribution in [1.29, 1.82) is 0 Å². The molecule has 0 fully saturated rings. The first kappa shape index (κ1) is 14.8. The molecule has 0 bridgehead atoms. The number of aryl methyl sites for hydroxylation is 1. The van der Waals surface area contributed by atoms with Crippen molar-refractivity contribution in [3.05, 3.63) is 66.1 Å². The number of nitrogens with one attached hydrogen (secondary N) is 2. The number of hydrogen-bond acceptors (Lipinski definition) is 3. The number of aromatic amines is 1. The van der Waals surface area contributed by atoms with Crippen molar-refractivity contribution in [2.75, 3.05) is 12.4 Å². The number of carbonyl (C=O) groups is 1. The number of aromatic nitrogens is 2. The Morgan fingerprint density at radius 1 is 1.13 bits per heavy atom. The third-order valence-electron chi connectivity index (χ3n) is 3.60. The van der Waals surface area contributed by atoms with Crippen molar-refractivity contribution >= 4 is 11.6 Å². The zero-order chi connectivity index (χ0) is 16.2. The van der Waals surface area contributed by atoms with E-state index < -0.39 is 0 Å². The van der Waals surface area contributed by atoms with Crippen LogP contribution in [0.15, 0.2) is 54.9 Å². The van der Waals surface area contributed by atoms with E-state index in [4.69, 9.17) is 4.74 Å². The number of methoxy groups -OCH3 is 1. The molecule has 1 heterocycles. The fourth-order valence-corrected chi connectivity index (χ4v) is 2.39. The molecule has 0 saturated carbocycles. The lowest BCUT2D eigenvalue weighted by atomic mass is 10.1. The highest BCUT2D eigenvalue weighted by Gasteiger charge is 2.12. The minimum absolute atomic E-state index is 0.203. The number of amides is 1. The van der Waals surface area contributed by atoms with Gasteiger partial charge in [-0.1, -0.05) is 24.3 Å². The van der Waals surface area contributed by atoms with Crippen LogP contribution in [0.1, 0.15) is 16.1 Å². The highest BCUT2D eigenvalue weighted by Crippen LogP contribution is 2.23. The highest BCUT2D eigenvalue weighted by molar-refractivity contribution is 6.06. The van der Waals surface area contributed by atoms with Crippen LogP contribution in [0.25, 0.3) is 11.3 Å². The smallest absolute Gasteiger partial charge is 0.259 e. The molecule has 23 heavy (non-hydrogen) atoms. The minimum atomic E-state index is -0.203. The van der Waals surface area contributed by atoms with E-state index in [-0.39, 0.29) is 5.91 Å². The molecule has 116 valence electrons. The van der Waals surface area contributed by atoms with Crippen LogP contribution >= 0.6 is 0 Å². The summed E-state index contributed by atoms with van der Waals surface area (Å²) in [4.78, 5) is 19.7. The van der Waals surface area contributed by atoms with Gasteiger partial charge in [-0.05, 0) is 31.2 Å². The monoisotopic (exact) mass is 307 g/mol. The van der Waals surface area contributed by atoms with E-state index in [0.717, 1.165) is 22.6 Å². The summed E-state index contributed by atoms with van der Waals surface area (Å²) in [5.74, 6) is 0.347. The van der Waals surface area contributed by atoms with Gasteiger partial charge in [-0.25, -0.2) is 4.98 Å². The molecule has 3 aromatic rings. The van der Waals surface area contributed by atoms with Crippen molar-refractivity contribution in [2.45, 2.75) is 6.92 Å². The molecule has 0 aliphatic heterocycles. The average Bonchev–Trinajstić information content (AvgIpc) is 3.01. The number of benzene rings is 2. The van der Waals surface area contributed by atoms with Crippen LogP contribution in [-0.2, 0) is 0 Å². The van der Waals surface area contributed by atoms with Gasteiger partial charge in [0.1, 0.15) is 5.75 Å². The summed E-state index contributed by atoms with van der Waals surface area (Å²) in [5, 5.41) is 2.87. The predicted octanol–water partition coefficient (Wildman–Crippen LogP) is 3.65. The lowest BCUT2D eigenvalue weighted by molar-refractivity contribution is 0.102. The number of para-hydroxylation sites is 1. The maximum Gasteiger partial charge on any atom is 0.259 e. The zero-order valence-corrected chi connectivity index (χ0v) is 13.0. The number of hydrogen-bond donors (Lipinski definition) is 2. The highest BCUT2D eigenvalue weighted by atomic mass is 16.5. The van der Waals surface area contributed by atoms with Gasteiger partial charge in [0.05, 0.1) is 24.7 Å². The van der Waals surface area contributed by atoms with E-state index in [1.54, 1.807) is 31.6 Å². The van der Waals surface area contributed by atoms with Crippen molar-refractivity contribution in [1.82, 2.24) is 9.97 Å². The van der Waals surface area contributed by atoms with Gasteiger partial charge < -0.3 is 15.0 Å². The van der Waals surface area contributed by atoms with E-state index >= 15 is 0 Å². The number of imidazole rings is 1. The quantitative estimate of drug-likeness (QED) is 0.773. The summed E-state index contributed by atoms with van der Waals surface area (Å²) in [6, 6.07) is 14.7. The summed E-state index contributed by atoms with van der Waals surface area (Å²) < 4.78 is 5.21. The van der Waals surface area contributed by atoms with Crippen LogP contribution in [0.4, 0.5) is 5.69 Å². The Kier molecular flexibility index (Phi) is 4.10. The third kappa shape index (κ3) is 3.08. The molecule has 0 spiro atoms. The maximum atomic E-state index is 12.4. The number of rotatable bonds is 4. The molecule has 5 nitrogen and oxygen atoms in total. The van der Waals surface area contributed by atoms with Gasteiger partial charge in [-0.15, -0.1) is 0 Å². The first-order valence-corrected chi connectivity index (χ1v) is 7.24. The Hall–Kier alpha value is -3.08. The minimum Gasteiger partial charge on any atom is -0.496 e. The molecule has 3 rings (SSSR count). The second-order valence-electron chi connectivity index (χ2n) is 5.11. The molecular formula is C18H17N3O2. The molecule has 0 aliphatic carbocycles. The summed E-state index contributed by atoms with van der Waals surface area (Å²) >= 11 is 0. The summed E-state index contributed by atoms with van der Waals surface area (Å²) in [5.41, 5.74) is 4.14. The molecule has 2 aromatic carbocycles. The first-order chi connectivity index (χ1) is 11.2. The molecule has 0 unspecified atom stereocenters. The van der Waals surface area contributed by atoms with Gasteiger partial charge in [0.2, 0.25) is 0 Å². The van der Waals surface area contributed by atoms with Crippen molar-refractivity contribution < 1.29 is 9.53 Å². The van der Waals surface area contributed by atoms with Crippen LogP contribution in [-0.4, -0.2) is 23.0 Å². The Bertz CT molecular complexity index is 822. The molecule has 0 atom stereocenters. The van der Waals surface area contributed by atoms with Gasteiger partial charge in [0.15, 0.2) is 0 Å². The van der Waals surface area contributed by atoms with E-state index in [1.165, 1.54) is 0 Å². The molecule has 0 radical (unpaired) electrons. The number of carbonyl (C=O) groups excluding carboxylic acids is 1. The van der Waals surface area contributed by atoms with Crippen molar-refractivity contribution in [3.63, 3.8) is 0 Å². The van der Waals surface area contributed by atoms with Crippen LogP contribution in [0.3, 0.4) is 0 Å². The Labute approximate surface area is 134 Å². The normalized spacial score (nSPS) is 10.3. The predicted molar refractivity (Wildman–Crippen MR) is 89.7 cm³/mol. The fourth-order valence-electron chi connectivity index (χ4n) is 2.39. The first-order valence-electron chi connectivity index (χ1n) is 7.24. The van der Waals surface area contributed by atoms with Gasteiger partial charge in [-0.3, -0.25) is 4.79 Å². The van der Waals surface area contributed by atoms with E-state index in [1.807, 2.05) is 37.3 Å². The Morgan fingerprint density at radius 2 is 1.87 bits per heavy atom. The fraction of sp³-hybridized carbons (Fsp3) is 0.111. The Balaban J connectivity index is 1.78. The Morgan fingerprint density at radius 3 is 2.52 bits per heavy atom. The van der Waals surface area contributed by atoms with Gasteiger partial charge in [-0.2, -0.15) is 0 Å². The van der Waals surface area contributed by atoms with E-state index in [2.05, 4.69) is 15.3 Å². The second kappa shape index (κ2) is 6.36. The molecule has 2 N–H and O–H groups in total. The molecule has 5 heteroatoms. The molecule has 1 amide bonds. The average molecular weight is 307 g/mol. The second-order valence-corrected chi connectivity index (χ2v) is 5.11. The largest absolute Gasteiger partial charge is 0.496 e. The molecule has 0 saturated heterocycles. The standard InChI is InChI=1S/C18H17N3O2/c1-12-17(20-11-19-12)13-7-9-14(10-8-13)21-18(22)15-5-3-4-6-16(15)23-2/h3-11H,1-2H3,(H,19,20)(H,21,22). The number of H-pyrrole nitrogens is 1. The third-order valence-corrected chi connectivity index (χ3v) is 3.60.